The molecule has 0 fully saturated rings. The number of nitrogens with zero attached hydrogens (tertiary/aromatic N) is 4. The fraction of sp³-hybridized carbons (Fsp3) is 0.143. The van der Waals surface area contributed by atoms with Crippen molar-refractivity contribution in [2.45, 2.75) is 0 Å². The summed E-state index contributed by atoms with van der Waals surface area (Å²) in [5, 5.41) is 1.22. The molecular weight excluding hydrogens is 272 g/mol. The molecule has 0 amide bonds. The van der Waals surface area contributed by atoms with Crippen molar-refractivity contribution in [3.8, 4) is 10.7 Å². The Kier molecular flexibility index (Phi) is 3.15. The predicted molar refractivity (Wildman–Crippen MR) is 81.2 cm³/mol. The van der Waals surface area contributed by atoms with Gasteiger partial charge in [-0.25, -0.2) is 4.98 Å². The molecule has 0 atom stereocenters. The van der Waals surface area contributed by atoms with Gasteiger partial charge in [0.1, 0.15) is 16.5 Å². The number of benzene rings is 1. The summed E-state index contributed by atoms with van der Waals surface area (Å²) in [5.41, 5.74) is 0.385. The van der Waals surface area contributed by atoms with Crippen molar-refractivity contribution >= 4 is 27.2 Å². The lowest BCUT2D eigenvalue weighted by atomic mass is 10.3. The second-order valence-corrected chi connectivity index (χ2v) is 5.51. The summed E-state index contributed by atoms with van der Waals surface area (Å²) in [6.45, 7) is 0. The standard InChI is InChI=1S/C14H12N4OS/c1-18(2)12-8-15-7-10(16-12)14-17-13(19)9-5-3-4-6-11(9)20-14/h3-8H,1-2H3. The number of rotatable bonds is 2. The van der Waals surface area contributed by atoms with E-state index in [0.717, 1.165) is 10.5 Å². The lowest BCUT2D eigenvalue weighted by Gasteiger charge is -2.11. The SMILES string of the molecule is CN(C)c1cncc(-c2nc(=O)c3ccccc3s2)n1. The van der Waals surface area contributed by atoms with Crippen LogP contribution < -0.4 is 10.5 Å². The molecule has 1 aromatic carbocycles. The van der Waals surface area contributed by atoms with Gasteiger partial charge in [0, 0.05) is 18.8 Å². The summed E-state index contributed by atoms with van der Waals surface area (Å²) >= 11 is 1.44. The molecule has 0 aliphatic heterocycles. The van der Waals surface area contributed by atoms with Gasteiger partial charge >= 0.3 is 0 Å². The molecule has 0 radical (unpaired) electrons. The molecule has 0 saturated heterocycles. The molecule has 2 aromatic heterocycles. The molecule has 0 aliphatic carbocycles. The van der Waals surface area contributed by atoms with Crippen molar-refractivity contribution in [3.05, 3.63) is 47.0 Å². The van der Waals surface area contributed by atoms with Crippen molar-refractivity contribution in [1.29, 1.82) is 0 Å². The second-order valence-electron chi connectivity index (χ2n) is 4.48. The Morgan fingerprint density at radius 3 is 2.70 bits per heavy atom. The summed E-state index contributed by atoms with van der Waals surface area (Å²) in [4.78, 5) is 26.6. The van der Waals surface area contributed by atoms with Gasteiger partial charge in [-0.2, -0.15) is 4.98 Å². The fourth-order valence-electron chi connectivity index (χ4n) is 1.80. The van der Waals surface area contributed by atoms with E-state index in [1.54, 1.807) is 18.5 Å². The molecule has 3 aromatic rings. The van der Waals surface area contributed by atoms with Gasteiger partial charge in [-0.3, -0.25) is 9.78 Å². The highest BCUT2D eigenvalue weighted by molar-refractivity contribution is 7.21. The Balaban J connectivity index is 2.20. The summed E-state index contributed by atoms with van der Waals surface area (Å²) in [5.74, 6) is 0.733. The number of aromatic nitrogens is 3. The third kappa shape index (κ3) is 2.25. The maximum Gasteiger partial charge on any atom is 0.279 e. The van der Waals surface area contributed by atoms with E-state index in [-0.39, 0.29) is 5.56 Å². The van der Waals surface area contributed by atoms with E-state index in [1.807, 2.05) is 37.2 Å². The molecule has 3 rings (SSSR count). The highest BCUT2D eigenvalue weighted by Gasteiger charge is 2.09. The van der Waals surface area contributed by atoms with Gasteiger partial charge in [-0.05, 0) is 12.1 Å². The minimum Gasteiger partial charge on any atom is -0.361 e. The maximum atomic E-state index is 12.0. The van der Waals surface area contributed by atoms with Gasteiger partial charge in [0.05, 0.1) is 17.8 Å². The number of fused-ring (bicyclic) bond motifs is 1. The molecule has 100 valence electrons. The van der Waals surface area contributed by atoms with Crippen molar-refractivity contribution in [2.24, 2.45) is 0 Å². The van der Waals surface area contributed by atoms with E-state index in [9.17, 15) is 4.79 Å². The lowest BCUT2D eigenvalue weighted by molar-refractivity contribution is 1.04. The molecule has 6 heteroatoms. The van der Waals surface area contributed by atoms with Crippen molar-refractivity contribution in [1.82, 2.24) is 15.0 Å². The fourth-order valence-corrected chi connectivity index (χ4v) is 2.75. The molecule has 0 unspecified atom stereocenters. The van der Waals surface area contributed by atoms with Gasteiger partial charge in [0.2, 0.25) is 0 Å². The smallest absolute Gasteiger partial charge is 0.279 e. The topological polar surface area (TPSA) is 59.0 Å². The van der Waals surface area contributed by atoms with Crippen LogP contribution in [0.1, 0.15) is 0 Å². The van der Waals surface area contributed by atoms with Crippen LogP contribution in [0.4, 0.5) is 5.82 Å². The maximum absolute atomic E-state index is 12.0. The van der Waals surface area contributed by atoms with Gasteiger partial charge in [-0.1, -0.05) is 12.1 Å². The van der Waals surface area contributed by atoms with Crippen LogP contribution in [0.2, 0.25) is 0 Å². The van der Waals surface area contributed by atoms with E-state index < -0.39 is 0 Å². The van der Waals surface area contributed by atoms with E-state index in [0.29, 0.717) is 16.1 Å². The first-order valence-electron chi connectivity index (χ1n) is 6.05. The van der Waals surface area contributed by atoms with Gasteiger partial charge in [0.25, 0.3) is 5.56 Å². The zero-order chi connectivity index (χ0) is 14.1. The molecule has 5 nitrogen and oxygen atoms in total. The van der Waals surface area contributed by atoms with Gasteiger partial charge in [0.15, 0.2) is 0 Å². The van der Waals surface area contributed by atoms with Crippen LogP contribution >= 0.6 is 11.3 Å². The second kappa shape index (κ2) is 4.97. The predicted octanol–water partition coefficient (Wildman–Crippen LogP) is 2.18. The van der Waals surface area contributed by atoms with E-state index in [2.05, 4.69) is 15.0 Å². The number of anilines is 1. The third-order valence-corrected chi connectivity index (χ3v) is 3.90. The first kappa shape index (κ1) is 12.7. The van der Waals surface area contributed by atoms with E-state index in [4.69, 9.17) is 0 Å². The van der Waals surface area contributed by atoms with Crippen molar-refractivity contribution < 1.29 is 0 Å². The normalized spacial score (nSPS) is 10.7. The van der Waals surface area contributed by atoms with Crippen LogP contribution in [-0.4, -0.2) is 29.0 Å². The minimum atomic E-state index is -0.230. The monoisotopic (exact) mass is 284 g/mol. The average Bonchev–Trinajstić information content (AvgIpc) is 2.47. The highest BCUT2D eigenvalue weighted by atomic mass is 32.1. The zero-order valence-corrected chi connectivity index (χ0v) is 11.9. The van der Waals surface area contributed by atoms with E-state index >= 15 is 0 Å². The van der Waals surface area contributed by atoms with Crippen LogP contribution in [0, 0.1) is 0 Å². The number of hydrogen-bond acceptors (Lipinski definition) is 6. The van der Waals surface area contributed by atoms with Crippen LogP contribution in [0.5, 0.6) is 0 Å². The molecule has 0 N–H and O–H groups in total. The third-order valence-electron chi connectivity index (χ3n) is 2.83. The molecule has 0 saturated carbocycles. The Labute approximate surface area is 119 Å². The number of hydrogen-bond donors (Lipinski definition) is 0. The Hall–Kier alpha value is -2.34. The summed E-state index contributed by atoms with van der Waals surface area (Å²) in [6, 6.07) is 7.44. The quantitative estimate of drug-likeness (QED) is 0.722. The Morgan fingerprint density at radius 2 is 1.90 bits per heavy atom. The summed E-state index contributed by atoms with van der Waals surface area (Å²) in [6.07, 6.45) is 3.30. The lowest BCUT2D eigenvalue weighted by Crippen LogP contribution is -2.12. The molecule has 0 spiro atoms. The van der Waals surface area contributed by atoms with Crippen LogP contribution in [-0.2, 0) is 0 Å². The van der Waals surface area contributed by atoms with Crippen molar-refractivity contribution in [2.75, 3.05) is 19.0 Å². The Bertz CT molecular complexity index is 829. The Morgan fingerprint density at radius 1 is 1.10 bits per heavy atom. The molecule has 20 heavy (non-hydrogen) atoms. The molecule has 0 bridgehead atoms. The minimum absolute atomic E-state index is 0.230. The average molecular weight is 284 g/mol. The first-order chi connectivity index (χ1) is 9.65. The van der Waals surface area contributed by atoms with E-state index in [1.165, 1.54) is 11.3 Å². The van der Waals surface area contributed by atoms with Crippen molar-refractivity contribution in [3.63, 3.8) is 0 Å². The van der Waals surface area contributed by atoms with Gasteiger partial charge in [-0.15, -0.1) is 11.3 Å². The first-order valence-corrected chi connectivity index (χ1v) is 6.86. The van der Waals surface area contributed by atoms with Crippen LogP contribution in [0.15, 0.2) is 41.5 Å². The van der Waals surface area contributed by atoms with Gasteiger partial charge < -0.3 is 4.90 Å². The summed E-state index contributed by atoms with van der Waals surface area (Å²) < 4.78 is 0.902. The highest BCUT2D eigenvalue weighted by Crippen LogP contribution is 2.24. The largest absolute Gasteiger partial charge is 0.361 e. The molecular formula is C14H12N4OS. The molecule has 0 aliphatic rings. The van der Waals surface area contributed by atoms with Crippen LogP contribution in [0.3, 0.4) is 0 Å². The molecule has 2 heterocycles. The van der Waals surface area contributed by atoms with Crippen LogP contribution in [0.25, 0.3) is 20.8 Å². The summed E-state index contributed by atoms with van der Waals surface area (Å²) in [7, 11) is 3.79. The zero-order valence-electron chi connectivity index (χ0n) is 11.1.